The van der Waals surface area contributed by atoms with Crippen LogP contribution >= 0.6 is 0 Å². The lowest BCUT2D eigenvalue weighted by molar-refractivity contribution is -0.137. The maximum atomic E-state index is 13.4. The second-order valence-corrected chi connectivity index (χ2v) is 6.85. The maximum Gasteiger partial charge on any atom is 0.277 e. The molecule has 2 aromatic rings. The number of halogens is 1. The molecule has 0 spiro atoms. The van der Waals surface area contributed by atoms with Crippen LogP contribution in [0.2, 0.25) is 0 Å². The van der Waals surface area contributed by atoms with Crippen molar-refractivity contribution in [2.45, 2.75) is 33.2 Å². The highest BCUT2D eigenvalue weighted by molar-refractivity contribution is 6.35. The van der Waals surface area contributed by atoms with Crippen molar-refractivity contribution in [2.75, 3.05) is 13.1 Å². The number of hydrogen-bond donors (Lipinski definition) is 0. The number of benzene rings is 2. The van der Waals surface area contributed by atoms with Crippen LogP contribution in [-0.4, -0.2) is 34.7 Å². The smallest absolute Gasteiger partial charge is 0.277 e. The molecule has 28 heavy (non-hydrogen) atoms. The maximum absolute atomic E-state index is 13.4. The molecule has 2 amide bonds. The zero-order valence-corrected chi connectivity index (χ0v) is 16.3. The molecule has 5 heteroatoms. The third-order valence-electron chi connectivity index (χ3n) is 4.93. The molecule has 0 N–H and O–H groups in total. The molecule has 0 aliphatic carbocycles. The number of carbonyl (C=O) groups is 2. The molecule has 3 rings (SSSR count). The van der Waals surface area contributed by atoms with Gasteiger partial charge in [-0.2, -0.15) is 0 Å². The van der Waals surface area contributed by atoms with Gasteiger partial charge in [-0.1, -0.05) is 55.8 Å². The van der Waals surface area contributed by atoms with Gasteiger partial charge in [-0.15, -0.1) is 0 Å². The first-order valence-corrected chi connectivity index (χ1v) is 9.72. The van der Waals surface area contributed by atoms with Crippen LogP contribution in [-0.2, 0) is 16.1 Å². The first kappa shape index (κ1) is 19.8. The predicted octanol–water partition coefficient (Wildman–Crippen LogP) is 4.23. The molecule has 4 nitrogen and oxygen atoms in total. The van der Waals surface area contributed by atoms with Crippen LogP contribution < -0.4 is 0 Å². The minimum atomic E-state index is -0.373. The van der Waals surface area contributed by atoms with Crippen molar-refractivity contribution in [3.63, 3.8) is 0 Å². The van der Waals surface area contributed by atoms with Gasteiger partial charge in [-0.05, 0) is 36.6 Å². The van der Waals surface area contributed by atoms with Gasteiger partial charge in [0.25, 0.3) is 11.8 Å². The van der Waals surface area contributed by atoms with Crippen LogP contribution in [0, 0.1) is 5.82 Å². The van der Waals surface area contributed by atoms with Crippen LogP contribution in [0.3, 0.4) is 0 Å². The molecule has 1 heterocycles. The van der Waals surface area contributed by atoms with E-state index >= 15 is 0 Å². The van der Waals surface area contributed by atoms with E-state index in [4.69, 9.17) is 0 Å². The molecule has 0 fully saturated rings. The van der Waals surface area contributed by atoms with Crippen LogP contribution in [0.1, 0.15) is 37.8 Å². The summed E-state index contributed by atoms with van der Waals surface area (Å²) in [5.74, 6) is -0.940. The van der Waals surface area contributed by atoms with E-state index in [9.17, 15) is 14.0 Å². The van der Waals surface area contributed by atoms with Gasteiger partial charge in [0, 0.05) is 19.6 Å². The summed E-state index contributed by atoms with van der Waals surface area (Å²) in [6.07, 6.45) is 1.64. The third kappa shape index (κ3) is 3.98. The number of likely N-dealkylation sites (N-methyl/N-ethyl adjacent to an activating group) is 1. The summed E-state index contributed by atoms with van der Waals surface area (Å²) < 4.78 is 13.4. The molecule has 0 saturated carbocycles. The normalized spacial score (nSPS) is 14.2. The van der Waals surface area contributed by atoms with E-state index < -0.39 is 0 Å². The average molecular weight is 380 g/mol. The highest BCUT2D eigenvalue weighted by atomic mass is 19.1. The molecule has 0 atom stereocenters. The quantitative estimate of drug-likeness (QED) is 0.644. The largest absolute Gasteiger partial charge is 0.362 e. The van der Waals surface area contributed by atoms with Gasteiger partial charge in [0.05, 0.1) is 5.57 Å². The Labute approximate surface area is 165 Å². The van der Waals surface area contributed by atoms with E-state index in [1.807, 2.05) is 49.1 Å². The van der Waals surface area contributed by atoms with Gasteiger partial charge in [0.2, 0.25) is 0 Å². The Morgan fingerprint density at radius 1 is 0.929 bits per heavy atom. The van der Waals surface area contributed by atoms with Gasteiger partial charge < -0.3 is 4.90 Å². The van der Waals surface area contributed by atoms with Crippen molar-refractivity contribution >= 4 is 17.4 Å². The van der Waals surface area contributed by atoms with Crippen molar-refractivity contribution in [2.24, 2.45) is 0 Å². The van der Waals surface area contributed by atoms with E-state index in [1.165, 1.54) is 17.0 Å². The van der Waals surface area contributed by atoms with Crippen LogP contribution in [0.4, 0.5) is 4.39 Å². The Morgan fingerprint density at radius 3 is 2.21 bits per heavy atom. The lowest BCUT2D eigenvalue weighted by Gasteiger charge is -2.25. The standard InChI is InChI=1S/C23H25FN2O2/c1-3-5-15-26-22(27)20(18-11-13-19(24)14-12-18)21(23(26)28)25(4-2)16-17-9-7-6-8-10-17/h6-14H,3-5,15-16H2,1-2H3. The SMILES string of the molecule is CCCCN1C(=O)C(c2ccc(F)cc2)=C(N(CC)Cc2ccccc2)C1=O. The fraction of sp³-hybridized carbons (Fsp3) is 0.304. The summed E-state index contributed by atoms with van der Waals surface area (Å²) in [4.78, 5) is 29.6. The van der Waals surface area contributed by atoms with E-state index in [0.29, 0.717) is 36.5 Å². The molecule has 146 valence electrons. The number of imide groups is 1. The Balaban J connectivity index is 2.04. The first-order valence-electron chi connectivity index (χ1n) is 9.72. The molecule has 0 aromatic heterocycles. The van der Waals surface area contributed by atoms with E-state index in [1.54, 1.807) is 12.1 Å². The minimum Gasteiger partial charge on any atom is -0.362 e. The summed E-state index contributed by atoms with van der Waals surface area (Å²) in [6, 6.07) is 15.6. The predicted molar refractivity (Wildman–Crippen MR) is 107 cm³/mol. The van der Waals surface area contributed by atoms with Gasteiger partial charge in [-0.3, -0.25) is 14.5 Å². The molecule has 0 unspecified atom stereocenters. The summed E-state index contributed by atoms with van der Waals surface area (Å²) >= 11 is 0. The second-order valence-electron chi connectivity index (χ2n) is 6.85. The topological polar surface area (TPSA) is 40.6 Å². The minimum absolute atomic E-state index is 0.268. The monoisotopic (exact) mass is 380 g/mol. The van der Waals surface area contributed by atoms with E-state index in [0.717, 1.165) is 18.4 Å². The van der Waals surface area contributed by atoms with Crippen molar-refractivity contribution in [1.82, 2.24) is 9.80 Å². The number of unbranched alkanes of at least 4 members (excludes halogenated alkanes) is 1. The number of hydrogen-bond acceptors (Lipinski definition) is 3. The molecule has 1 aliphatic rings. The van der Waals surface area contributed by atoms with Crippen molar-refractivity contribution < 1.29 is 14.0 Å². The summed E-state index contributed by atoms with van der Waals surface area (Å²) in [7, 11) is 0. The number of nitrogens with zero attached hydrogens (tertiary/aromatic N) is 2. The molecule has 0 saturated heterocycles. The van der Waals surface area contributed by atoms with Gasteiger partial charge in [0.1, 0.15) is 11.5 Å². The lowest BCUT2D eigenvalue weighted by Crippen LogP contribution is -2.35. The highest BCUT2D eigenvalue weighted by Crippen LogP contribution is 2.32. The van der Waals surface area contributed by atoms with Gasteiger partial charge in [-0.25, -0.2) is 4.39 Å². The average Bonchev–Trinajstić information content (AvgIpc) is 2.96. The Hall–Kier alpha value is -2.95. The molecular weight excluding hydrogens is 355 g/mol. The number of amides is 2. The Bertz CT molecular complexity index is 875. The Kier molecular flexibility index (Phi) is 6.24. The summed E-state index contributed by atoms with van der Waals surface area (Å²) in [5.41, 5.74) is 2.39. The molecular formula is C23H25FN2O2. The molecule has 1 aliphatic heterocycles. The van der Waals surface area contributed by atoms with Crippen LogP contribution in [0.25, 0.3) is 5.57 Å². The number of carbonyl (C=O) groups excluding carboxylic acids is 2. The molecule has 0 bridgehead atoms. The summed E-state index contributed by atoms with van der Waals surface area (Å²) in [5, 5.41) is 0. The second kappa shape index (κ2) is 8.83. The Morgan fingerprint density at radius 2 is 1.61 bits per heavy atom. The van der Waals surface area contributed by atoms with Crippen LogP contribution in [0.5, 0.6) is 0 Å². The van der Waals surface area contributed by atoms with E-state index in [2.05, 4.69) is 0 Å². The number of rotatable bonds is 8. The molecule has 0 radical (unpaired) electrons. The molecule has 2 aromatic carbocycles. The third-order valence-corrected chi connectivity index (χ3v) is 4.93. The van der Waals surface area contributed by atoms with Crippen molar-refractivity contribution in [1.29, 1.82) is 0 Å². The fourth-order valence-corrected chi connectivity index (χ4v) is 3.41. The zero-order chi connectivity index (χ0) is 20.1. The highest BCUT2D eigenvalue weighted by Gasteiger charge is 2.40. The van der Waals surface area contributed by atoms with Crippen molar-refractivity contribution in [3.8, 4) is 0 Å². The summed E-state index contributed by atoms with van der Waals surface area (Å²) in [6.45, 7) is 5.48. The first-order chi connectivity index (χ1) is 13.6. The van der Waals surface area contributed by atoms with E-state index in [-0.39, 0.29) is 17.6 Å². The zero-order valence-electron chi connectivity index (χ0n) is 16.3. The van der Waals surface area contributed by atoms with Crippen molar-refractivity contribution in [3.05, 3.63) is 77.2 Å². The van der Waals surface area contributed by atoms with Crippen LogP contribution in [0.15, 0.2) is 60.3 Å². The van der Waals surface area contributed by atoms with Gasteiger partial charge >= 0.3 is 0 Å². The fourth-order valence-electron chi connectivity index (χ4n) is 3.41. The van der Waals surface area contributed by atoms with Gasteiger partial charge in [0.15, 0.2) is 0 Å². The lowest BCUT2D eigenvalue weighted by atomic mass is 10.0.